The maximum Gasteiger partial charge on any atom is 0.149 e. The quantitative estimate of drug-likeness (QED) is 0.820. The first-order valence-electron chi connectivity index (χ1n) is 4.97. The molecule has 1 heterocycles. The lowest BCUT2D eigenvalue weighted by Gasteiger charge is -2.08. The predicted molar refractivity (Wildman–Crippen MR) is 62.1 cm³/mol. The highest BCUT2D eigenvalue weighted by atomic mass is 35.5. The maximum absolute atomic E-state index is 13.8. The minimum absolute atomic E-state index is 0.0176. The van der Waals surface area contributed by atoms with Gasteiger partial charge in [-0.25, -0.2) is 13.8 Å². The number of ether oxygens (including phenoxy) is 1. The number of aromatic nitrogens is 1. The van der Waals surface area contributed by atoms with Gasteiger partial charge in [0.2, 0.25) is 0 Å². The van der Waals surface area contributed by atoms with Crippen molar-refractivity contribution in [2.24, 2.45) is 0 Å². The van der Waals surface area contributed by atoms with Crippen molar-refractivity contribution in [1.29, 1.82) is 0 Å². The molecule has 0 saturated heterocycles. The molecule has 17 heavy (non-hydrogen) atoms. The van der Waals surface area contributed by atoms with E-state index in [0.29, 0.717) is 5.69 Å². The van der Waals surface area contributed by atoms with E-state index >= 15 is 0 Å². The van der Waals surface area contributed by atoms with Gasteiger partial charge in [0, 0.05) is 7.11 Å². The van der Waals surface area contributed by atoms with E-state index in [1.54, 1.807) is 0 Å². The minimum atomic E-state index is -0.584. The summed E-state index contributed by atoms with van der Waals surface area (Å²) in [6.07, 6.45) is 0. The second-order valence-electron chi connectivity index (χ2n) is 3.74. The predicted octanol–water partition coefficient (Wildman–Crippen LogP) is 3.62. The molecule has 0 bridgehead atoms. The van der Waals surface area contributed by atoms with Crippen molar-refractivity contribution in [3.8, 4) is 0 Å². The van der Waals surface area contributed by atoms with Crippen molar-refractivity contribution in [3.63, 3.8) is 0 Å². The molecule has 0 radical (unpaired) electrons. The molecule has 2 nitrogen and oxygen atoms in total. The lowest BCUT2D eigenvalue weighted by molar-refractivity contribution is 0.182. The molecule has 0 aliphatic carbocycles. The van der Waals surface area contributed by atoms with Crippen molar-refractivity contribution < 1.29 is 13.5 Å². The standard InChI is InChI=1S/C12H10ClF2NO/c1-6-3-9(14)12-10(11(6)15)8(13)4-7(16-12)5-17-2/h3-4H,5H2,1-2H3. The van der Waals surface area contributed by atoms with Crippen LogP contribution in [0.2, 0.25) is 5.02 Å². The zero-order valence-corrected chi connectivity index (χ0v) is 10.1. The summed E-state index contributed by atoms with van der Waals surface area (Å²) in [5.74, 6) is -1.12. The minimum Gasteiger partial charge on any atom is -0.378 e. The van der Waals surface area contributed by atoms with Gasteiger partial charge < -0.3 is 4.74 Å². The summed E-state index contributed by atoms with van der Waals surface area (Å²) in [7, 11) is 1.49. The fourth-order valence-electron chi connectivity index (χ4n) is 1.69. The average molecular weight is 258 g/mol. The van der Waals surface area contributed by atoms with E-state index in [1.165, 1.54) is 20.1 Å². The highest BCUT2D eigenvalue weighted by Crippen LogP contribution is 2.29. The molecule has 90 valence electrons. The summed E-state index contributed by atoms with van der Waals surface area (Å²) in [5.41, 5.74) is 0.609. The van der Waals surface area contributed by atoms with E-state index < -0.39 is 11.6 Å². The third kappa shape index (κ3) is 2.10. The molecule has 0 atom stereocenters. The van der Waals surface area contributed by atoms with Gasteiger partial charge in [0.05, 0.1) is 22.7 Å². The van der Waals surface area contributed by atoms with Gasteiger partial charge in [-0.3, -0.25) is 0 Å². The summed E-state index contributed by atoms with van der Waals surface area (Å²) in [5, 5.41) is 0.158. The van der Waals surface area contributed by atoms with E-state index in [-0.39, 0.29) is 28.1 Å². The molecule has 2 rings (SSSR count). The number of methoxy groups -OCH3 is 1. The molecular formula is C12H10ClF2NO. The largest absolute Gasteiger partial charge is 0.378 e. The normalized spacial score (nSPS) is 11.1. The van der Waals surface area contributed by atoms with Crippen LogP contribution in [-0.2, 0) is 11.3 Å². The molecular weight excluding hydrogens is 248 g/mol. The van der Waals surface area contributed by atoms with Crippen molar-refractivity contribution >= 4 is 22.5 Å². The molecule has 0 aliphatic rings. The number of fused-ring (bicyclic) bond motifs is 1. The molecule has 2 aromatic rings. The highest BCUT2D eigenvalue weighted by molar-refractivity contribution is 6.35. The van der Waals surface area contributed by atoms with Gasteiger partial charge in [0.15, 0.2) is 0 Å². The fourth-order valence-corrected chi connectivity index (χ4v) is 1.98. The van der Waals surface area contributed by atoms with E-state index in [0.717, 1.165) is 6.07 Å². The molecule has 1 aromatic heterocycles. The zero-order valence-electron chi connectivity index (χ0n) is 9.35. The number of halogens is 3. The molecule has 0 amide bonds. The van der Waals surface area contributed by atoms with Crippen LogP contribution < -0.4 is 0 Å². The molecule has 0 saturated carbocycles. The van der Waals surface area contributed by atoms with E-state index in [2.05, 4.69) is 4.98 Å². The Balaban J connectivity index is 2.81. The number of hydrogen-bond acceptors (Lipinski definition) is 2. The summed E-state index contributed by atoms with van der Waals surface area (Å²) in [6, 6.07) is 2.59. The first kappa shape index (κ1) is 12.2. The second-order valence-corrected chi connectivity index (χ2v) is 4.15. The Kier molecular flexibility index (Phi) is 3.26. The average Bonchev–Trinajstić information content (AvgIpc) is 2.26. The van der Waals surface area contributed by atoms with Crippen LogP contribution in [0.3, 0.4) is 0 Å². The van der Waals surface area contributed by atoms with Crippen LogP contribution in [0.1, 0.15) is 11.3 Å². The van der Waals surface area contributed by atoms with Crippen molar-refractivity contribution in [2.45, 2.75) is 13.5 Å². The Labute approximate surface area is 102 Å². The van der Waals surface area contributed by atoms with Crippen LogP contribution in [0.4, 0.5) is 8.78 Å². The molecule has 0 spiro atoms. The SMILES string of the molecule is COCc1cc(Cl)c2c(F)c(C)cc(F)c2n1. The van der Waals surface area contributed by atoms with Crippen LogP contribution in [-0.4, -0.2) is 12.1 Å². The van der Waals surface area contributed by atoms with Gasteiger partial charge in [-0.1, -0.05) is 11.6 Å². The first-order chi connectivity index (χ1) is 8.04. The van der Waals surface area contributed by atoms with Crippen LogP contribution in [0, 0.1) is 18.6 Å². The van der Waals surface area contributed by atoms with Crippen LogP contribution in [0.25, 0.3) is 10.9 Å². The number of rotatable bonds is 2. The molecule has 0 aliphatic heterocycles. The van der Waals surface area contributed by atoms with Crippen LogP contribution in [0.15, 0.2) is 12.1 Å². The number of aryl methyl sites for hydroxylation is 1. The summed E-state index contributed by atoms with van der Waals surface area (Å²) >= 11 is 5.94. The Hall–Kier alpha value is -1.26. The molecule has 5 heteroatoms. The summed E-state index contributed by atoms with van der Waals surface area (Å²) < 4.78 is 32.4. The first-order valence-corrected chi connectivity index (χ1v) is 5.35. The zero-order chi connectivity index (χ0) is 12.6. The molecule has 0 N–H and O–H groups in total. The number of benzene rings is 1. The Morgan fingerprint density at radius 2 is 2.06 bits per heavy atom. The maximum atomic E-state index is 13.8. The van der Waals surface area contributed by atoms with Crippen LogP contribution in [0.5, 0.6) is 0 Å². The van der Waals surface area contributed by atoms with E-state index in [1.807, 2.05) is 0 Å². The molecule has 0 fully saturated rings. The smallest absolute Gasteiger partial charge is 0.149 e. The Bertz CT molecular complexity index is 586. The second kappa shape index (κ2) is 4.55. The lowest BCUT2D eigenvalue weighted by Crippen LogP contribution is -1.98. The van der Waals surface area contributed by atoms with Gasteiger partial charge >= 0.3 is 0 Å². The third-order valence-corrected chi connectivity index (χ3v) is 2.75. The van der Waals surface area contributed by atoms with Gasteiger partial charge in [-0.05, 0) is 24.6 Å². The number of nitrogens with zero attached hydrogens (tertiary/aromatic N) is 1. The summed E-state index contributed by atoms with van der Waals surface area (Å²) in [6.45, 7) is 1.68. The number of hydrogen-bond donors (Lipinski definition) is 0. The monoisotopic (exact) mass is 257 g/mol. The van der Waals surface area contributed by atoms with Crippen molar-refractivity contribution in [2.75, 3.05) is 7.11 Å². The van der Waals surface area contributed by atoms with E-state index in [9.17, 15) is 8.78 Å². The lowest BCUT2D eigenvalue weighted by atomic mass is 10.1. The third-order valence-electron chi connectivity index (χ3n) is 2.45. The number of pyridine rings is 1. The molecule has 0 unspecified atom stereocenters. The van der Waals surface area contributed by atoms with Crippen molar-refractivity contribution in [1.82, 2.24) is 4.98 Å². The fraction of sp³-hybridized carbons (Fsp3) is 0.250. The molecule has 1 aromatic carbocycles. The van der Waals surface area contributed by atoms with Gasteiger partial charge in [0.1, 0.15) is 17.2 Å². The summed E-state index contributed by atoms with van der Waals surface area (Å²) in [4.78, 5) is 4.00. The van der Waals surface area contributed by atoms with Gasteiger partial charge in [0.25, 0.3) is 0 Å². The topological polar surface area (TPSA) is 22.1 Å². The Morgan fingerprint density at radius 1 is 1.35 bits per heavy atom. The van der Waals surface area contributed by atoms with Gasteiger partial charge in [-0.2, -0.15) is 0 Å². The van der Waals surface area contributed by atoms with Crippen LogP contribution >= 0.6 is 11.6 Å². The van der Waals surface area contributed by atoms with Crippen molar-refractivity contribution in [3.05, 3.63) is 40.0 Å². The van der Waals surface area contributed by atoms with Gasteiger partial charge in [-0.15, -0.1) is 0 Å². The Morgan fingerprint density at radius 3 is 2.71 bits per heavy atom. The van der Waals surface area contributed by atoms with E-state index in [4.69, 9.17) is 16.3 Å². The highest BCUT2D eigenvalue weighted by Gasteiger charge is 2.15.